The summed E-state index contributed by atoms with van der Waals surface area (Å²) in [5, 5.41) is 8.65. The van der Waals surface area contributed by atoms with Crippen LogP contribution >= 0.6 is 0 Å². The molecule has 0 atom stereocenters. The van der Waals surface area contributed by atoms with Crippen molar-refractivity contribution >= 4 is 0 Å². The van der Waals surface area contributed by atoms with Crippen molar-refractivity contribution in [2.75, 3.05) is 26.9 Å². The molecule has 1 rings (SSSR count). The average molecular weight is 248 g/mol. The molecule has 0 unspecified atom stereocenters. The largest absolute Gasteiger partial charge is 0.395 e. The van der Waals surface area contributed by atoms with Crippen molar-refractivity contribution in [3.8, 4) is 11.8 Å². The van der Waals surface area contributed by atoms with Crippen LogP contribution in [-0.2, 0) is 16.1 Å². The Labute approximate surface area is 109 Å². The Balaban J connectivity index is 2.38. The monoisotopic (exact) mass is 248 g/mol. The van der Waals surface area contributed by atoms with Crippen molar-refractivity contribution in [3.63, 3.8) is 0 Å². The number of benzene rings is 1. The van der Waals surface area contributed by atoms with Crippen LogP contribution in [0.3, 0.4) is 0 Å². The molecule has 0 spiro atoms. The Morgan fingerprint density at radius 1 is 1.28 bits per heavy atom. The quantitative estimate of drug-likeness (QED) is 0.592. The number of rotatable bonds is 7. The molecule has 0 bridgehead atoms. The van der Waals surface area contributed by atoms with Gasteiger partial charge in [0.15, 0.2) is 0 Å². The second-order valence-electron chi connectivity index (χ2n) is 3.87. The lowest BCUT2D eigenvalue weighted by Gasteiger charge is -2.04. The lowest BCUT2D eigenvalue weighted by Crippen LogP contribution is -1.99. The molecular formula is C15H20O3. The molecule has 0 amide bonds. The SMILES string of the molecule is COCCCOCc1cccc(C#CCCO)c1. The van der Waals surface area contributed by atoms with Crippen molar-refractivity contribution < 1.29 is 14.6 Å². The van der Waals surface area contributed by atoms with Crippen LogP contribution in [0.5, 0.6) is 0 Å². The van der Waals surface area contributed by atoms with Crippen LogP contribution in [0.25, 0.3) is 0 Å². The number of aliphatic hydroxyl groups is 1. The number of hydrogen-bond acceptors (Lipinski definition) is 3. The lowest BCUT2D eigenvalue weighted by molar-refractivity contribution is 0.0928. The molecule has 0 saturated heterocycles. The Kier molecular flexibility index (Phi) is 7.90. The van der Waals surface area contributed by atoms with Crippen LogP contribution in [0.15, 0.2) is 24.3 Å². The van der Waals surface area contributed by atoms with Gasteiger partial charge in [-0.3, -0.25) is 0 Å². The van der Waals surface area contributed by atoms with Gasteiger partial charge in [-0.25, -0.2) is 0 Å². The summed E-state index contributed by atoms with van der Waals surface area (Å²) in [7, 11) is 1.69. The minimum Gasteiger partial charge on any atom is -0.395 e. The van der Waals surface area contributed by atoms with Gasteiger partial charge in [-0.2, -0.15) is 0 Å². The molecule has 1 N–H and O–H groups in total. The third-order valence-corrected chi connectivity index (χ3v) is 2.30. The highest BCUT2D eigenvalue weighted by molar-refractivity contribution is 5.36. The predicted molar refractivity (Wildman–Crippen MR) is 71.2 cm³/mol. The van der Waals surface area contributed by atoms with E-state index in [1.807, 2.05) is 24.3 Å². The number of aliphatic hydroxyl groups excluding tert-OH is 1. The van der Waals surface area contributed by atoms with E-state index < -0.39 is 0 Å². The zero-order valence-electron chi connectivity index (χ0n) is 10.8. The molecule has 0 fully saturated rings. The zero-order valence-corrected chi connectivity index (χ0v) is 10.8. The van der Waals surface area contributed by atoms with Crippen molar-refractivity contribution in [3.05, 3.63) is 35.4 Å². The van der Waals surface area contributed by atoms with Gasteiger partial charge in [-0.15, -0.1) is 0 Å². The van der Waals surface area contributed by atoms with Crippen molar-refractivity contribution in [2.45, 2.75) is 19.4 Å². The van der Waals surface area contributed by atoms with Gasteiger partial charge >= 0.3 is 0 Å². The molecule has 1 aromatic carbocycles. The number of ether oxygens (including phenoxy) is 2. The first-order valence-corrected chi connectivity index (χ1v) is 6.12. The van der Waals surface area contributed by atoms with Crippen LogP contribution in [0.4, 0.5) is 0 Å². The van der Waals surface area contributed by atoms with Gasteiger partial charge in [-0.05, 0) is 24.1 Å². The molecule has 1 aromatic rings. The lowest BCUT2D eigenvalue weighted by atomic mass is 10.1. The van der Waals surface area contributed by atoms with E-state index in [0.29, 0.717) is 19.6 Å². The molecule has 18 heavy (non-hydrogen) atoms. The molecule has 0 heterocycles. The summed E-state index contributed by atoms with van der Waals surface area (Å²) in [6.45, 7) is 2.13. The van der Waals surface area contributed by atoms with Crippen LogP contribution in [0.2, 0.25) is 0 Å². The highest BCUT2D eigenvalue weighted by Crippen LogP contribution is 2.06. The smallest absolute Gasteiger partial charge is 0.0717 e. The van der Waals surface area contributed by atoms with Crippen molar-refractivity contribution in [1.29, 1.82) is 0 Å². The minimum absolute atomic E-state index is 0.106. The summed E-state index contributed by atoms with van der Waals surface area (Å²) in [6, 6.07) is 7.96. The van der Waals surface area contributed by atoms with E-state index in [0.717, 1.165) is 24.2 Å². The average Bonchev–Trinajstić information content (AvgIpc) is 2.39. The predicted octanol–water partition coefficient (Wildman–Crippen LogP) is 1.97. The van der Waals surface area contributed by atoms with Crippen LogP contribution in [0, 0.1) is 11.8 Å². The Bertz CT molecular complexity index is 390. The molecule has 98 valence electrons. The van der Waals surface area contributed by atoms with Crippen LogP contribution in [-0.4, -0.2) is 32.0 Å². The molecule has 0 aromatic heterocycles. The summed E-state index contributed by atoms with van der Waals surface area (Å²) >= 11 is 0. The fourth-order valence-electron chi connectivity index (χ4n) is 1.45. The molecule has 3 nitrogen and oxygen atoms in total. The second-order valence-corrected chi connectivity index (χ2v) is 3.87. The topological polar surface area (TPSA) is 38.7 Å². The molecular weight excluding hydrogens is 228 g/mol. The van der Waals surface area contributed by atoms with Crippen LogP contribution in [0.1, 0.15) is 24.0 Å². The highest BCUT2D eigenvalue weighted by Gasteiger charge is 1.95. The summed E-state index contributed by atoms with van der Waals surface area (Å²) in [6.07, 6.45) is 1.42. The Hall–Kier alpha value is -1.34. The molecule has 0 aliphatic carbocycles. The maximum absolute atomic E-state index is 8.65. The molecule has 3 heteroatoms. The fourth-order valence-corrected chi connectivity index (χ4v) is 1.45. The van der Waals surface area contributed by atoms with Gasteiger partial charge in [0.1, 0.15) is 0 Å². The van der Waals surface area contributed by atoms with E-state index in [-0.39, 0.29) is 6.61 Å². The van der Waals surface area contributed by atoms with Gasteiger partial charge < -0.3 is 14.6 Å². The maximum atomic E-state index is 8.65. The molecule has 0 aliphatic rings. The van der Waals surface area contributed by atoms with Gasteiger partial charge in [-0.1, -0.05) is 24.0 Å². The van der Waals surface area contributed by atoms with E-state index in [1.54, 1.807) is 7.11 Å². The number of methoxy groups -OCH3 is 1. The maximum Gasteiger partial charge on any atom is 0.0717 e. The van der Waals surface area contributed by atoms with Crippen molar-refractivity contribution in [2.24, 2.45) is 0 Å². The summed E-state index contributed by atoms with van der Waals surface area (Å²) < 4.78 is 10.5. The van der Waals surface area contributed by atoms with E-state index >= 15 is 0 Å². The first-order chi connectivity index (χ1) is 8.86. The second kappa shape index (κ2) is 9.67. The van der Waals surface area contributed by atoms with E-state index in [9.17, 15) is 0 Å². The first kappa shape index (κ1) is 14.7. The van der Waals surface area contributed by atoms with E-state index in [1.165, 1.54) is 0 Å². The minimum atomic E-state index is 0.106. The summed E-state index contributed by atoms with van der Waals surface area (Å²) in [4.78, 5) is 0. The molecule has 0 saturated carbocycles. The van der Waals surface area contributed by atoms with Crippen LogP contribution < -0.4 is 0 Å². The third kappa shape index (κ3) is 6.41. The summed E-state index contributed by atoms with van der Waals surface area (Å²) in [5.74, 6) is 5.92. The van der Waals surface area contributed by atoms with Gasteiger partial charge in [0.05, 0.1) is 13.2 Å². The Morgan fingerprint density at radius 3 is 2.94 bits per heavy atom. The van der Waals surface area contributed by atoms with Gasteiger partial charge in [0.25, 0.3) is 0 Å². The van der Waals surface area contributed by atoms with E-state index in [2.05, 4.69) is 11.8 Å². The van der Waals surface area contributed by atoms with E-state index in [4.69, 9.17) is 14.6 Å². The van der Waals surface area contributed by atoms with Gasteiger partial charge in [0.2, 0.25) is 0 Å². The molecule has 0 aliphatic heterocycles. The first-order valence-electron chi connectivity index (χ1n) is 6.12. The summed E-state index contributed by atoms with van der Waals surface area (Å²) in [5.41, 5.74) is 2.07. The third-order valence-electron chi connectivity index (χ3n) is 2.30. The molecule has 0 radical (unpaired) electrons. The zero-order chi connectivity index (χ0) is 13.1. The highest BCUT2D eigenvalue weighted by atomic mass is 16.5. The van der Waals surface area contributed by atoms with Gasteiger partial charge in [0, 0.05) is 32.3 Å². The van der Waals surface area contributed by atoms with Crippen molar-refractivity contribution in [1.82, 2.24) is 0 Å². The normalized spacial score (nSPS) is 9.89. The fraction of sp³-hybridized carbons (Fsp3) is 0.467. The number of hydrogen-bond donors (Lipinski definition) is 1. The standard InChI is InChI=1S/C15H20O3/c1-17-10-5-11-18-13-15-8-4-7-14(12-15)6-2-3-9-16/h4,7-8,12,16H,3,5,9-11,13H2,1H3. The Morgan fingerprint density at radius 2 is 2.17 bits per heavy atom.